The standard InChI is InChI=1S/C6H12O3S2/c1-5(7)6(2)10-3-4-11(6,8)9/h5,7H,3-4H2,1-2H3. The van der Waals surface area contributed by atoms with Gasteiger partial charge in [-0.15, -0.1) is 11.8 Å². The lowest BCUT2D eigenvalue weighted by Gasteiger charge is -2.24. The highest BCUT2D eigenvalue weighted by Crippen LogP contribution is 2.40. The lowest BCUT2D eigenvalue weighted by Crippen LogP contribution is -2.39. The van der Waals surface area contributed by atoms with Crippen LogP contribution >= 0.6 is 11.8 Å². The van der Waals surface area contributed by atoms with Crippen LogP contribution in [0.3, 0.4) is 0 Å². The van der Waals surface area contributed by atoms with E-state index >= 15 is 0 Å². The Morgan fingerprint density at radius 2 is 2.18 bits per heavy atom. The van der Waals surface area contributed by atoms with Gasteiger partial charge in [0, 0.05) is 5.75 Å². The van der Waals surface area contributed by atoms with Crippen LogP contribution in [0.25, 0.3) is 0 Å². The Balaban J connectivity index is 3.04. The lowest BCUT2D eigenvalue weighted by molar-refractivity contribution is 0.183. The predicted molar refractivity (Wildman–Crippen MR) is 46.3 cm³/mol. The highest BCUT2D eigenvalue weighted by atomic mass is 32.3. The summed E-state index contributed by atoms with van der Waals surface area (Å²) in [6.45, 7) is 3.11. The molecule has 0 aromatic heterocycles. The second-order valence-corrected chi connectivity index (χ2v) is 7.15. The average molecular weight is 196 g/mol. The molecule has 66 valence electrons. The van der Waals surface area contributed by atoms with Gasteiger partial charge >= 0.3 is 0 Å². The first-order valence-electron chi connectivity index (χ1n) is 3.44. The highest BCUT2D eigenvalue weighted by molar-refractivity contribution is 8.17. The van der Waals surface area contributed by atoms with E-state index in [1.165, 1.54) is 18.7 Å². The van der Waals surface area contributed by atoms with Crippen LogP contribution < -0.4 is 0 Å². The van der Waals surface area contributed by atoms with Crippen LogP contribution in [0.15, 0.2) is 0 Å². The van der Waals surface area contributed by atoms with Gasteiger partial charge in [-0.3, -0.25) is 0 Å². The molecule has 1 heterocycles. The Hall–Kier alpha value is 0.260. The molecule has 1 rings (SSSR count). The van der Waals surface area contributed by atoms with E-state index < -0.39 is 20.0 Å². The molecule has 0 spiro atoms. The van der Waals surface area contributed by atoms with Crippen molar-refractivity contribution in [1.29, 1.82) is 0 Å². The van der Waals surface area contributed by atoms with Crippen molar-refractivity contribution >= 4 is 21.6 Å². The van der Waals surface area contributed by atoms with Gasteiger partial charge in [0.1, 0.15) is 4.08 Å². The van der Waals surface area contributed by atoms with Gasteiger partial charge in [-0.25, -0.2) is 8.42 Å². The molecule has 3 nitrogen and oxygen atoms in total. The molecule has 0 aromatic carbocycles. The minimum atomic E-state index is -3.07. The molecule has 0 aromatic rings. The van der Waals surface area contributed by atoms with E-state index in [-0.39, 0.29) is 5.75 Å². The largest absolute Gasteiger partial charge is 0.391 e. The van der Waals surface area contributed by atoms with Gasteiger partial charge in [-0.2, -0.15) is 0 Å². The summed E-state index contributed by atoms with van der Waals surface area (Å²) < 4.78 is 21.7. The third kappa shape index (κ3) is 1.29. The molecule has 2 unspecified atom stereocenters. The summed E-state index contributed by atoms with van der Waals surface area (Å²) >= 11 is 1.32. The number of aliphatic hydroxyl groups excluding tert-OH is 1. The van der Waals surface area contributed by atoms with Crippen molar-refractivity contribution in [2.75, 3.05) is 11.5 Å². The Bertz CT molecular complexity index is 245. The lowest BCUT2D eigenvalue weighted by atomic mass is 10.3. The fourth-order valence-corrected chi connectivity index (χ4v) is 5.03. The molecule has 1 aliphatic heterocycles. The molecule has 2 atom stereocenters. The molecular formula is C6H12O3S2. The summed E-state index contributed by atoms with van der Waals surface area (Å²) in [5, 5.41) is 9.25. The molecule has 0 aliphatic carbocycles. The van der Waals surface area contributed by atoms with Gasteiger partial charge in [0.05, 0.1) is 11.9 Å². The molecule has 0 radical (unpaired) electrons. The van der Waals surface area contributed by atoms with Crippen LogP contribution in [0.2, 0.25) is 0 Å². The Morgan fingerprint density at radius 3 is 2.36 bits per heavy atom. The van der Waals surface area contributed by atoms with Crippen LogP contribution in [0.5, 0.6) is 0 Å². The number of thioether (sulfide) groups is 1. The number of hydrogen-bond acceptors (Lipinski definition) is 4. The normalized spacial score (nSPS) is 38.8. The van der Waals surface area contributed by atoms with Gasteiger partial charge in [0.15, 0.2) is 9.84 Å². The molecule has 0 bridgehead atoms. The first-order valence-corrected chi connectivity index (χ1v) is 6.08. The smallest absolute Gasteiger partial charge is 0.168 e. The van der Waals surface area contributed by atoms with E-state index in [2.05, 4.69) is 0 Å². The van der Waals surface area contributed by atoms with Gasteiger partial charge in [-0.05, 0) is 13.8 Å². The monoisotopic (exact) mass is 196 g/mol. The zero-order valence-electron chi connectivity index (χ0n) is 6.57. The summed E-state index contributed by atoms with van der Waals surface area (Å²) in [5.74, 6) is 0.794. The van der Waals surface area contributed by atoms with Crippen LogP contribution in [-0.2, 0) is 9.84 Å². The second kappa shape index (κ2) is 2.64. The van der Waals surface area contributed by atoms with Gasteiger partial charge in [0.25, 0.3) is 0 Å². The first-order chi connectivity index (χ1) is 4.90. The number of sulfone groups is 1. The molecule has 1 aliphatic rings. The summed E-state index contributed by atoms with van der Waals surface area (Å²) in [6, 6.07) is 0. The van der Waals surface area contributed by atoms with Gasteiger partial charge < -0.3 is 5.11 Å². The van der Waals surface area contributed by atoms with Crippen molar-refractivity contribution in [1.82, 2.24) is 0 Å². The van der Waals surface area contributed by atoms with Crippen molar-refractivity contribution in [2.45, 2.75) is 24.0 Å². The Morgan fingerprint density at radius 1 is 1.64 bits per heavy atom. The molecule has 5 heteroatoms. The van der Waals surface area contributed by atoms with Gasteiger partial charge in [-0.1, -0.05) is 0 Å². The fraction of sp³-hybridized carbons (Fsp3) is 1.00. The van der Waals surface area contributed by atoms with E-state index in [1.54, 1.807) is 6.92 Å². The van der Waals surface area contributed by atoms with Crippen LogP contribution in [0.1, 0.15) is 13.8 Å². The third-order valence-corrected chi connectivity index (χ3v) is 7.13. The van der Waals surface area contributed by atoms with E-state index in [1.807, 2.05) is 0 Å². The van der Waals surface area contributed by atoms with Crippen molar-refractivity contribution in [3.8, 4) is 0 Å². The fourth-order valence-electron chi connectivity index (χ4n) is 1.03. The molecule has 1 N–H and O–H groups in total. The maximum Gasteiger partial charge on any atom is 0.168 e. The minimum absolute atomic E-state index is 0.194. The van der Waals surface area contributed by atoms with Gasteiger partial charge in [0.2, 0.25) is 0 Å². The van der Waals surface area contributed by atoms with Crippen molar-refractivity contribution in [3.05, 3.63) is 0 Å². The number of aliphatic hydroxyl groups is 1. The molecule has 0 saturated carbocycles. The molecular weight excluding hydrogens is 184 g/mol. The highest BCUT2D eigenvalue weighted by Gasteiger charge is 2.48. The quantitative estimate of drug-likeness (QED) is 0.653. The molecule has 1 fully saturated rings. The van der Waals surface area contributed by atoms with Crippen molar-refractivity contribution in [2.24, 2.45) is 0 Å². The Kier molecular flexibility index (Phi) is 2.24. The topological polar surface area (TPSA) is 54.4 Å². The van der Waals surface area contributed by atoms with E-state index in [4.69, 9.17) is 0 Å². The zero-order valence-corrected chi connectivity index (χ0v) is 8.20. The van der Waals surface area contributed by atoms with E-state index in [0.717, 1.165) is 0 Å². The van der Waals surface area contributed by atoms with Crippen LogP contribution in [-0.4, -0.2) is 35.2 Å². The summed E-state index contributed by atoms with van der Waals surface area (Å²) in [7, 11) is -3.07. The molecule has 11 heavy (non-hydrogen) atoms. The van der Waals surface area contributed by atoms with Crippen molar-refractivity contribution in [3.63, 3.8) is 0 Å². The minimum Gasteiger partial charge on any atom is -0.391 e. The summed E-state index contributed by atoms with van der Waals surface area (Å²) in [4.78, 5) is 0. The predicted octanol–water partition coefficient (Wildman–Crippen LogP) is 0.245. The molecule has 0 amide bonds. The van der Waals surface area contributed by atoms with Crippen molar-refractivity contribution < 1.29 is 13.5 Å². The second-order valence-electron chi connectivity index (χ2n) is 2.86. The maximum atomic E-state index is 11.3. The maximum absolute atomic E-state index is 11.3. The van der Waals surface area contributed by atoms with Crippen LogP contribution in [0, 0.1) is 0 Å². The number of hydrogen-bond donors (Lipinski definition) is 1. The SMILES string of the molecule is CC(O)C1(C)SCCS1(=O)=O. The summed E-state index contributed by atoms with van der Waals surface area (Å²) in [5.41, 5.74) is 0. The third-order valence-electron chi connectivity index (χ3n) is 2.12. The average Bonchev–Trinajstić information content (AvgIpc) is 2.09. The first kappa shape index (κ1) is 9.35. The Labute approximate surface area is 71.1 Å². The van der Waals surface area contributed by atoms with E-state index in [9.17, 15) is 13.5 Å². The number of rotatable bonds is 1. The summed E-state index contributed by atoms with van der Waals surface area (Å²) in [6.07, 6.45) is -0.792. The van der Waals surface area contributed by atoms with Crippen LogP contribution in [0.4, 0.5) is 0 Å². The molecule has 1 saturated heterocycles. The zero-order chi connectivity index (χ0) is 8.70. The van der Waals surface area contributed by atoms with E-state index in [0.29, 0.717) is 5.75 Å².